The van der Waals surface area contributed by atoms with E-state index in [1.165, 1.54) is 37.8 Å². The molecule has 5 nitrogen and oxygen atoms in total. The lowest BCUT2D eigenvalue weighted by molar-refractivity contribution is 0.0940. The number of carbonyl (C=O) groups is 1. The maximum Gasteiger partial charge on any atom is 0.183 e. The van der Waals surface area contributed by atoms with Crippen LogP contribution in [-0.4, -0.2) is 21.6 Å². The van der Waals surface area contributed by atoms with Gasteiger partial charge in [-0.1, -0.05) is 71.9 Å². The van der Waals surface area contributed by atoms with Gasteiger partial charge in [0.25, 0.3) is 0 Å². The van der Waals surface area contributed by atoms with Crippen molar-refractivity contribution < 1.29 is 9.18 Å². The third-order valence-electron chi connectivity index (χ3n) is 9.38. The van der Waals surface area contributed by atoms with Gasteiger partial charge in [0.15, 0.2) is 5.78 Å². The van der Waals surface area contributed by atoms with Crippen LogP contribution in [-0.2, 0) is 0 Å². The average molecular weight is 567 g/mol. The third-order valence-corrected chi connectivity index (χ3v) is 9.38. The predicted molar refractivity (Wildman–Crippen MR) is 165 cm³/mol. The molecule has 3 aromatic rings. The third kappa shape index (κ3) is 6.41. The van der Waals surface area contributed by atoms with Crippen molar-refractivity contribution in [1.82, 2.24) is 9.78 Å². The van der Waals surface area contributed by atoms with Gasteiger partial charge in [-0.05, 0) is 78.5 Å². The van der Waals surface area contributed by atoms with E-state index in [0.717, 1.165) is 47.5 Å². The highest BCUT2D eigenvalue weighted by Gasteiger charge is 2.30. The molecule has 1 fully saturated rings. The van der Waals surface area contributed by atoms with Gasteiger partial charge in [0.1, 0.15) is 17.6 Å². The van der Waals surface area contributed by atoms with Gasteiger partial charge in [-0.15, -0.1) is 0 Å². The van der Waals surface area contributed by atoms with Gasteiger partial charge in [-0.25, -0.2) is 9.07 Å². The molecule has 0 saturated heterocycles. The van der Waals surface area contributed by atoms with Crippen LogP contribution in [0.25, 0.3) is 23.0 Å². The predicted octanol–water partition coefficient (Wildman–Crippen LogP) is 7.58. The number of fused-ring (bicyclic) bond motifs is 1. The van der Waals surface area contributed by atoms with E-state index in [1.807, 2.05) is 24.3 Å². The molecule has 220 valence electrons. The van der Waals surface area contributed by atoms with Crippen molar-refractivity contribution in [2.75, 3.05) is 0 Å². The van der Waals surface area contributed by atoms with Crippen LogP contribution in [0.4, 0.5) is 4.39 Å². The fraction of sp³-hybridized carbons (Fsp3) is 0.500. The second kappa shape index (κ2) is 13.2. The van der Waals surface area contributed by atoms with Crippen molar-refractivity contribution in [1.29, 1.82) is 5.26 Å². The number of ketones is 1. The number of nitriles is 1. The highest BCUT2D eigenvalue weighted by molar-refractivity contribution is 5.95. The Bertz CT molecular complexity index is 1600. The number of rotatable bonds is 10. The first kappa shape index (κ1) is 29.9. The van der Waals surface area contributed by atoms with Crippen LogP contribution < -0.4 is 10.6 Å². The minimum absolute atomic E-state index is 0.0193. The Morgan fingerprint density at radius 1 is 1.12 bits per heavy atom. The number of hydrogen-bond acceptors (Lipinski definition) is 4. The molecule has 42 heavy (non-hydrogen) atoms. The first-order valence-electron chi connectivity index (χ1n) is 15.8. The van der Waals surface area contributed by atoms with E-state index in [-0.39, 0.29) is 17.4 Å². The van der Waals surface area contributed by atoms with Crippen LogP contribution in [0.1, 0.15) is 102 Å². The van der Waals surface area contributed by atoms with Gasteiger partial charge in [0.05, 0.1) is 28.3 Å². The fourth-order valence-corrected chi connectivity index (χ4v) is 7.27. The molecule has 1 aliphatic carbocycles. The lowest BCUT2D eigenvalue weighted by Crippen LogP contribution is -2.22. The van der Waals surface area contributed by atoms with Gasteiger partial charge >= 0.3 is 0 Å². The lowest BCUT2D eigenvalue weighted by atomic mass is 9.75. The van der Waals surface area contributed by atoms with Crippen LogP contribution in [0.3, 0.4) is 0 Å². The highest BCUT2D eigenvalue weighted by atomic mass is 19.1. The van der Waals surface area contributed by atoms with Crippen molar-refractivity contribution in [3.05, 3.63) is 70.1 Å². The van der Waals surface area contributed by atoms with E-state index < -0.39 is 5.82 Å². The number of benzene rings is 2. The Kier molecular flexibility index (Phi) is 9.36. The van der Waals surface area contributed by atoms with E-state index in [4.69, 9.17) is 10.1 Å². The summed E-state index contributed by atoms with van der Waals surface area (Å²) in [6.07, 6.45) is 11.8. The number of hydrogen-bond donors (Lipinski definition) is 0. The second-order valence-corrected chi connectivity index (χ2v) is 12.6. The first-order valence-corrected chi connectivity index (χ1v) is 15.8. The number of Topliss-reactive ketones (excluding diaryl/α,β-unsaturated/α-hetero) is 1. The SMILES string of the molecule is CCCC1C=c2cc(-c3cc(C(=O)CC4CCCCC(C(CC)C(C)C)C4)nn3-c3ccc(C#N)c(F)c3)ccc2=N1. The molecule has 0 bridgehead atoms. The molecule has 0 amide bonds. The van der Waals surface area contributed by atoms with Gasteiger partial charge in [-0.3, -0.25) is 9.79 Å². The molecule has 1 saturated carbocycles. The summed E-state index contributed by atoms with van der Waals surface area (Å²) in [4.78, 5) is 18.6. The zero-order valence-corrected chi connectivity index (χ0v) is 25.4. The first-order chi connectivity index (χ1) is 20.3. The minimum atomic E-state index is -0.604. The van der Waals surface area contributed by atoms with Crippen LogP contribution in [0.15, 0.2) is 47.5 Å². The molecule has 4 unspecified atom stereocenters. The topological polar surface area (TPSA) is 71.0 Å². The lowest BCUT2D eigenvalue weighted by Gasteiger charge is -2.30. The molecule has 1 aromatic heterocycles. The molecule has 0 radical (unpaired) electrons. The summed E-state index contributed by atoms with van der Waals surface area (Å²) >= 11 is 0. The van der Waals surface area contributed by atoms with Crippen molar-refractivity contribution in [3.8, 4) is 23.0 Å². The van der Waals surface area contributed by atoms with Crippen LogP contribution in [0.2, 0.25) is 0 Å². The van der Waals surface area contributed by atoms with Crippen LogP contribution in [0, 0.1) is 40.8 Å². The van der Waals surface area contributed by atoms with E-state index >= 15 is 0 Å². The zero-order chi connectivity index (χ0) is 29.8. The maximum absolute atomic E-state index is 14.7. The van der Waals surface area contributed by atoms with Crippen molar-refractivity contribution >= 4 is 11.9 Å². The summed E-state index contributed by atoms with van der Waals surface area (Å²) in [6, 6.07) is 14.5. The highest BCUT2D eigenvalue weighted by Crippen LogP contribution is 2.39. The van der Waals surface area contributed by atoms with Gasteiger partial charge < -0.3 is 0 Å². The summed E-state index contributed by atoms with van der Waals surface area (Å²) in [5, 5.41) is 16.0. The van der Waals surface area contributed by atoms with Crippen molar-refractivity contribution in [3.63, 3.8) is 0 Å². The monoisotopic (exact) mass is 566 g/mol. The smallest absolute Gasteiger partial charge is 0.183 e. The minimum Gasteiger partial charge on any atom is -0.292 e. The molecule has 4 atom stereocenters. The summed E-state index contributed by atoms with van der Waals surface area (Å²) in [6.45, 7) is 9.11. The molecular weight excluding hydrogens is 523 g/mol. The summed E-state index contributed by atoms with van der Waals surface area (Å²) in [5.41, 5.74) is 2.49. The Morgan fingerprint density at radius 3 is 2.64 bits per heavy atom. The van der Waals surface area contributed by atoms with E-state index in [1.54, 1.807) is 10.7 Å². The van der Waals surface area contributed by atoms with Gasteiger partial charge in [0.2, 0.25) is 0 Å². The summed E-state index contributed by atoms with van der Waals surface area (Å²) in [5.74, 6) is 1.79. The van der Waals surface area contributed by atoms with Gasteiger partial charge in [-0.2, -0.15) is 10.4 Å². The van der Waals surface area contributed by atoms with E-state index in [2.05, 4.69) is 39.8 Å². The van der Waals surface area contributed by atoms with E-state index in [0.29, 0.717) is 41.5 Å². The Labute approximate surface area is 249 Å². The summed E-state index contributed by atoms with van der Waals surface area (Å²) in [7, 11) is 0. The largest absolute Gasteiger partial charge is 0.292 e. The zero-order valence-electron chi connectivity index (χ0n) is 25.4. The number of halogens is 1. The van der Waals surface area contributed by atoms with Crippen LogP contribution in [0.5, 0.6) is 0 Å². The fourth-order valence-electron chi connectivity index (χ4n) is 7.27. The Hall–Kier alpha value is -3.59. The molecular formula is C36H43FN4O. The Morgan fingerprint density at radius 2 is 1.93 bits per heavy atom. The van der Waals surface area contributed by atoms with Crippen molar-refractivity contribution in [2.24, 2.45) is 28.7 Å². The van der Waals surface area contributed by atoms with Gasteiger partial charge in [0, 0.05) is 18.1 Å². The molecule has 0 N–H and O–H groups in total. The molecule has 5 rings (SSSR count). The molecule has 2 heterocycles. The number of aromatic nitrogens is 2. The molecule has 2 aliphatic rings. The second-order valence-electron chi connectivity index (χ2n) is 12.6. The molecule has 6 heteroatoms. The molecule has 2 aromatic carbocycles. The standard InChI is InChI=1S/C36H43FN4O/c1-5-9-29-19-28-18-26(13-15-33(28)39-29)35-21-34(40-41(35)30-14-12-27(22-38)32(37)20-30)36(42)17-24-10-7-8-11-25(16-24)31(6-2)23(3)4/h12-15,18-21,23-25,29,31H,5-11,16-17H2,1-4H3. The normalized spacial score (nSPS) is 20.7. The molecule has 1 aliphatic heterocycles. The quantitative estimate of drug-likeness (QED) is 0.188. The van der Waals surface area contributed by atoms with E-state index in [9.17, 15) is 14.4 Å². The number of carbonyl (C=O) groups excluding carboxylic acids is 1. The average Bonchev–Trinajstić information content (AvgIpc) is 3.52. The van der Waals surface area contributed by atoms with Crippen LogP contribution >= 0.6 is 0 Å². The Balaban J connectivity index is 1.48. The van der Waals surface area contributed by atoms with Crippen molar-refractivity contribution in [2.45, 2.75) is 91.5 Å². The maximum atomic E-state index is 14.7. The summed E-state index contributed by atoms with van der Waals surface area (Å²) < 4.78 is 16.4. The molecule has 0 spiro atoms. The number of nitrogens with zero attached hydrogens (tertiary/aromatic N) is 4.